The number of benzene rings is 1. The summed E-state index contributed by atoms with van der Waals surface area (Å²) in [7, 11) is 0. The van der Waals surface area contributed by atoms with Gasteiger partial charge in [0, 0.05) is 24.6 Å². The molecule has 0 atom stereocenters. The largest absolute Gasteiger partial charge is 0.478 e. The molecule has 2 heterocycles. The van der Waals surface area contributed by atoms with Crippen LogP contribution in [-0.4, -0.2) is 36.6 Å². The fourth-order valence-electron chi connectivity index (χ4n) is 3.05. The Morgan fingerprint density at radius 2 is 1.86 bits per heavy atom. The number of nitrogens with zero attached hydrogens (tertiary/aromatic N) is 4. The summed E-state index contributed by atoms with van der Waals surface area (Å²) < 4.78 is 1.79. The number of pyridine rings is 1. The van der Waals surface area contributed by atoms with Gasteiger partial charge in [0.2, 0.25) is 11.6 Å². The van der Waals surface area contributed by atoms with E-state index in [4.69, 9.17) is 0 Å². The number of Topliss-reactive ketones (excluding diaryl/α,β-unsaturated/α-hetero) is 1. The minimum Gasteiger partial charge on any atom is -0.478 e. The first-order chi connectivity index (χ1) is 14.0. The number of aromatic carboxylic acids is 1. The average Bonchev–Trinajstić information content (AvgIpc) is 3.14. The van der Waals surface area contributed by atoms with E-state index in [1.807, 2.05) is 24.3 Å². The molecule has 0 aliphatic rings. The molecule has 0 aliphatic carbocycles. The SMILES string of the molecule is CCCCc1nc(C(=O)CC)nn1Cc1ccc(-c2ncccc2C(=O)O)cc1. The van der Waals surface area contributed by atoms with Gasteiger partial charge in [-0.2, -0.15) is 0 Å². The lowest BCUT2D eigenvalue weighted by molar-refractivity contribution is 0.0697. The van der Waals surface area contributed by atoms with E-state index in [-0.39, 0.29) is 17.2 Å². The van der Waals surface area contributed by atoms with Crippen molar-refractivity contribution in [2.75, 3.05) is 0 Å². The number of unbranched alkanes of at least 4 members (excludes halogenated alkanes) is 1. The van der Waals surface area contributed by atoms with Crippen LogP contribution in [0.5, 0.6) is 0 Å². The monoisotopic (exact) mass is 392 g/mol. The van der Waals surface area contributed by atoms with Crippen LogP contribution in [-0.2, 0) is 13.0 Å². The highest BCUT2D eigenvalue weighted by Crippen LogP contribution is 2.22. The molecule has 0 fully saturated rings. The number of carbonyl (C=O) groups is 2. The molecule has 7 nitrogen and oxygen atoms in total. The molecular formula is C22H24N4O3. The molecule has 0 saturated carbocycles. The third kappa shape index (κ3) is 4.74. The van der Waals surface area contributed by atoms with Crippen LogP contribution < -0.4 is 0 Å². The molecule has 0 spiro atoms. The van der Waals surface area contributed by atoms with Crippen molar-refractivity contribution in [2.24, 2.45) is 0 Å². The number of hydrogen-bond donors (Lipinski definition) is 1. The summed E-state index contributed by atoms with van der Waals surface area (Å²) >= 11 is 0. The topological polar surface area (TPSA) is 98.0 Å². The van der Waals surface area contributed by atoms with E-state index in [9.17, 15) is 14.7 Å². The quantitative estimate of drug-likeness (QED) is 0.552. The fraction of sp³-hybridized carbons (Fsp3) is 0.318. The summed E-state index contributed by atoms with van der Waals surface area (Å²) in [6.07, 6.45) is 4.75. The molecule has 150 valence electrons. The predicted octanol–water partition coefficient (Wildman–Crippen LogP) is 4.02. The van der Waals surface area contributed by atoms with Crippen molar-refractivity contribution in [3.63, 3.8) is 0 Å². The van der Waals surface area contributed by atoms with Gasteiger partial charge in [0.15, 0.2) is 0 Å². The second kappa shape index (κ2) is 9.23. The number of aromatic nitrogens is 4. The maximum atomic E-state index is 12.0. The van der Waals surface area contributed by atoms with E-state index in [0.29, 0.717) is 18.7 Å². The maximum absolute atomic E-state index is 12.0. The van der Waals surface area contributed by atoms with Crippen molar-refractivity contribution < 1.29 is 14.7 Å². The van der Waals surface area contributed by atoms with Gasteiger partial charge >= 0.3 is 5.97 Å². The number of aryl methyl sites for hydroxylation is 1. The minimum absolute atomic E-state index is 0.0619. The Morgan fingerprint density at radius 3 is 2.52 bits per heavy atom. The number of rotatable bonds is 9. The summed E-state index contributed by atoms with van der Waals surface area (Å²) in [6, 6.07) is 10.7. The van der Waals surface area contributed by atoms with Gasteiger partial charge in [-0.3, -0.25) is 9.78 Å². The predicted molar refractivity (Wildman–Crippen MR) is 109 cm³/mol. The van der Waals surface area contributed by atoms with E-state index in [1.54, 1.807) is 29.9 Å². The van der Waals surface area contributed by atoms with Gasteiger partial charge in [-0.05, 0) is 24.1 Å². The highest BCUT2D eigenvalue weighted by molar-refractivity contribution is 5.94. The molecule has 0 aliphatic heterocycles. The normalized spacial score (nSPS) is 10.8. The second-order valence-corrected chi connectivity index (χ2v) is 6.79. The van der Waals surface area contributed by atoms with Crippen molar-refractivity contribution in [3.05, 3.63) is 65.4 Å². The molecule has 0 amide bonds. The standard InChI is InChI=1S/C22H24N4O3/c1-3-5-8-19-24-21(18(27)4-2)25-26(19)14-15-9-11-16(12-10-15)20-17(22(28)29)7-6-13-23-20/h6-7,9-13H,3-5,8,14H2,1-2H3,(H,28,29). The summed E-state index contributed by atoms with van der Waals surface area (Å²) in [5.74, 6) is 0.0158. The lowest BCUT2D eigenvalue weighted by Gasteiger charge is -2.08. The highest BCUT2D eigenvalue weighted by atomic mass is 16.4. The molecule has 0 unspecified atom stereocenters. The Kier molecular flexibility index (Phi) is 6.49. The number of carboxylic acids is 1. The zero-order valence-corrected chi connectivity index (χ0v) is 16.6. The molecule has 0 bridgehead atoms. The van der Waals surface area contributed by atoms with Crippen molar-refractivity contribution in [1.82, 2.24) is 19.7 Å². The van der Waals surface area contributed by atoms with Crippen LogP contribution in [0, 0.1) is 0 Å². The smallest absolute Gasteiger partial charge is 0.337 e. The third-order valence-corrected chi connectivity index (χ3v) is 4.67. The van der Waals surface area contributed by atoms with E-state index < -0.39 is 5.97 Å². The number of carboxylic acid groups (broad SMARTS) is 1. The Balaban J connectivity index is 1.85. The summed E-state index contributed by atoms with van der Waals surface area (Å²) in [5, 5.41) is 13.8. The zero-order valence-electron chi connectivity index (χ0n) is 16.6. The molecule has 7 heteroatoms. The van der Waals surface area contributed by atoms with E-state index in [1.165, 1.54) is 0 Å². The molecule has 0 saturated heterocycles. The van der Waals surface area contributed by atoms with Gasteiger partial charge in [-0.25, -0.2) is 14.5 Å². The van der Waals surface area contributed by atoms with Crippen LogP contribution in [0.15, 0.2) is 42.6 Å². The van der Waals surface area contributed by atoms with Gasteiger partial charge in [-0.1, -0.05) is 44.5 Å². The lowest BCUT2D eigenvalue weighted by atomic mass is 10.0. The summed E-state index contributed by atoms with van der Waals surface area (Å²) in [6.45, 7) is 4.41. The Morgan fingerprint density at radius 1 is 1.10 bits per heavy atom. The van der Waals surface area contributed by atoms with Gasteiger partial charge in [0.1, 0.15) is 5.82 Å². The highest BCUT2D eigenvalue weighted by Gasteiger charge is 2.16. The summed E-state index contributed by atoms with van der Waals surface area (Å²) in [4.78, 5) is 32.1. The van der Waals surface area contributed by atoms with Crippen LogP contribution in [0.3, 0.4) is 0 Å². The van der Waals surface area contributed by atoms with Crippen molar-refractivity contribution in [3.8, 4) is 11.3 Å². The van der Waals surface area contributed by atoms with Gasteiger partial charge in [0.25, 0.3) is 0 Å². The molecule has 1 N–H and O–H groups in total. The summed E-state index contributed by atoms with van der Waals surface area (Å²) in [5.41, 5.74) is 2.32. The average molecular weight is 392 g/mol. The minimum atomic E-state index is -1.01. The molecular weight excluding hydrogens is 368 g/mol. The first-order valence-electron chi connectivity index (χ1n) is 9.78. The van der Waals surface area contributed by atoms with E-state index in [2.05, 4.69) is 22.0 Å². The second-order valence-electron chi connectivity index (χ2n) is 6.79. The fourth-order valence-corrected chi connectivity index (χ4v) is 3.05. The molecule has 3 rings (SSSR count). The molecule has 29 heavy (non-hydrogen) atoms. The third-order valence-electron chi connectivity index (χ3n) is 4.67. The van der Waals surface area contributed by atoms with Crippen LogP contribution in [0.1, 0.15) is 65.5 Å². The number of ketones is 1. The van der Waals surface area contributed by atoms with Crippen molar-refractivity contribution in [2.45, 2.75) is 46.1 Å². The van der Waals surface area contributed by atoms with Gasteiger partial charge < -0.3 is 5.11 Å². The lowest BCUT2D eigenvalue weighted by Crippen LogP contribution is -2.08. The molecule has 1 aromatic carbocycles. The Hall–Kier alpha value is -3.35. The first kappa shape index (κ1) is 20.4. The zero-order chi connectivity index (χ0) is 20.8. The first-order valence-corrected chi connectivity index (χ1v) is 9.78. The molecule has 2 aromatic heterocycles. The number of hydrogen-bond acceptors (Lipinski definition) is 5. The number of carbonyl (C=O) groups excluding carboxylic acids is 1. The van der Waals surface area contributed by atoms with Crippen LogP contribution in [0.4, 0.5) is 0 Å². The van der Waals surface area contributed by atoms with Crippen LogP contribution >= 0.6 is 0 Å². The molecule has 0 radical (unpaired) electrons. The van der Waals surface area contributed by atoms with Gasteiger partial charge in [0.05, 0.1) is 17.8 Å². The molecule has 3 aromatic rings. The van der Waals surface area contributed by atoms with Crippen LogP contribution in [0.25, 0.3) is 11.3 Å². The Labute approximate surface area is 169 Å². The maximum Gasteiger partial charge on any atom is 0.337 e. The van der Waals surface area contributed by atoms with E-state index in [0.717, 1.165) is 36.2 Å². The van der Waals surface area contributed by atoms with Gasteiger partial charge in [-0.15, -0.1) is 5.10 Å². The van der Waals surface area contributed by atoms with E-state index >= 15 is 0 Å². The van der Waals surface area contributed by atoms with Crippen molar-refractivity contribution >= 4 is 11.8 Å². The Bertz CT molecular complexity index is 1010. The van der Waals surface area contributed by atoms with Crippen LogP contribution in [0.2, 0.25) is 0 Å². The van der Waals surface area contributed by atoms with Crippen molar-refractivity contribution in [1.29, 1.82) is 0 Å².